The summed E-state index contributed by atoms with van der Waals surface area (Å²) < 4.78 is 5.71. The predicted octanol–water partition coefficient (Wildman–Crippen LogP) is 1.73. The molecule has 0 aromatic rings. The molecule has 0 aliphatic carbocycles. The number of nitrogens with zero attached hydrogens (tertiary/aromatic N) is 1. The number of ether oxygens (including phenoxy) is 1. The highest BCUT2D eigenvalue weighted by Gasteiger charge is 2.10. The van der Waals surface area contributed by atoms with Crippen molar-refractivity contribution in [3.8, 4) is 0 Å². The summed E-state index contributed by atoms with van der Waals surface area (Å²) in [6.45, 7) is 16.8. The van der Waals surface area contributed by atoms with Crippen molar-refractivity contribution in [3.63, 3.8) is 0 Å². The zero-order valence-electron chi connectivity index (χ0n) is 11.1. The normalized spacial score (nSPS) is 12.4. The zero-order valence-corrected chi connectivity index (χ0v) is 11.1. The van der Waals surface area contributed by atoms with Crippen LogP contribution in [0, 0.1) is 0 Å². The number of nitrogens with one attached hydrogen (secondary N) is 1. The molecule has 1 N–H and O–H groups in total. The molecule has 0 amide bonds. The van der Waals surface area contributed by atoms with Gasteiger partial charge in [0.05, 0.1) is 12.2 Å². The summed E-state index contributed by atoms with van der Waals surface area (Å²) in [4.78, 5) is 2.41. The van der Waals surface area contributed by atoms with Crippen LogP contribution >= 0.6 is 0 Å². The van der Waals surface area contributed by atoms with E-state index >= 15 is 0 Å². The molecule has 0 heterocycles. The van der Waals surface area contributed by atoms with Crippen LogP contribution in [0.25, 0.3) is 0 Å². The molecule has 0 spiro atoms. The first kappa shape index (κ1) is 14.9. The molecule has 92 valence electrons. The number of likely N-dealkylation sites (N-methyl/N-ethyl adjacent to an activating group) is 2. The van der Waals surface area contributed by atoms with E-state index in [1.807, 2.05) is 0 Å². The third kappa shape index (κ3) is 10.2. The lowest BCUT2D eigenvalue weighted by Gasteiger charge is -2.24. The van der Waals surface area contributed by atoms with Crippen LogP contribution < -0.4 is 5.32 Å². The molecule has 0 saturated heterocycles. The molecule has 0 radical (unpaired) electrons. The minimum absolute atomic E-state index is 0.0128. The molecule has 0 aliphatic rings. The van der Waals surface area contributed by atoms with Gasteiger partial charge in [-0.3, -0.25) is 0 Å². The van der Waals surface area contributed by atoms with Crippen LogP contribution in [0.1, 0.15) is 34.6 Å². The fourth-order valence-electron chi connectivity index (χ4n) is 1.32. The molecular weight excluding hydrogens is 188 g/mol. The Morgan fingerprint density at radius 3 is 2.27 bits per heavy atom. The molecule has 15 heavy (non-hydrogen) atoms. The average molecular weight is 216 g/mol. The maximum atomic E-state index is 5.71. The molecule has 3 heteroatoms. The van der Waals surface area contributed by atoms with Crippen LogP contribution in [0.5, 0.6) is 0 Å². The average Bonchev–Trinajstić information content (AvgIpc) is 2.14. The van der Waals surface area contributed by atoms with Gasteiger partial charge in [-0.05, 0) is 33.9 Å². The van der Waals surface area contributed by atoms with Gasteiger partial charge in [0.2, 0.25) is 0 Å². The van der Waals surface area contributed by atoms with E-state index in [2.05, 4.69) is 44.8 Å². The van der Waals surface area contributed by atoms with E-state index in [0.717, 1.165) is 39.3 Å². The van der Waals surface area contributed by atoms with Gasteiger partial charge in [-0.25, -0.2) is 0 Å². The Bertz CT molecular complexity index is 143. The Hall–Kier alpha value is -0.120. The maximum Gasteiger partial charge on any atom is 0.0600 e. The molecular formula is C12H28N2O. The molecule has 0 aliphatic heterocycles. The Morgan fingerprint density at radius 1 is 1.13 bits per heavy atom. The minimum atomic E-state index is -0.0128. The van der Waals surface area contributed by atoms with Gasteiger partial charge in [0.1, 0.15) is 0 Å². The smallest absolute Gasteiger partial charge is 0.0600 e. The van der Waals surface area contributed by atoms with Crippen molar-refractivity contribution in [2.45, 2.75) is 40.2 Å². The van der Waals surface area contributed by atoms with Crippen molar-refractivity contribution in [2.75, 3.05) is 39.3 Å². The van der Waals surface area contributed by atoms with Crippen molar-refractivity contribution >= 4 is 0 Å². The molecule has 0 bridgehead atoms. The molecule has 0 aromatic heterocycles. The van der Waals surface area contributed by atoms with E-state index in [1.54, 1.807) is 0 Å². The molecule has 0 unspecified atom stereocenters. The largest absolute Gasteiger partial charge is 0.375 e. The lowest BCUT2D eigenvalue weighted by atomic mass is 10.2. The van der Waals surface area contributed by atoms with Gasteiger partial charge in [-0.1, -0.05) is 13.8 Å². The van der Waals surface area contributed by atoms with Gasteiger partial charge < -0.3 is 15.0 Å². The van der Waals surface area contributed by atoms with E-state index in [0.29, 0.717) is 0 Å². The topological polar surface area (TPSA) is 24.5 Å². The van der Waals surface area contributed by atoms with E-state index in [1.165, 1.54) is 0 Å². The fraction of sp³-hybridized carbons (Fsp3) is 1.00. The lowest BCUT2D eigenvalue weighted by Crippen LogP contribution is -2.35. The Kier molecular flexibility index (Phi) is 8.02. The van der Waals surface area contributed by atoms with Crippen LogP contribution in [0.2, 0.25) is 0 Å². The van der Waals surface area contributed by atoms with Crippen LogP contribution in [-0.2, 0) is 4.74 Å². The zero-order chi connectivity index (χ0) is 11.7. The summed E-state index contributed by atoms with van der Waals surface area (Å²) >= 11 is 0. The van der Waals surface area contributed by atoms with Crippen molar-refractivity contribution < 1.29 is 4.74 Å². The second-order valence-electron chi connectivity index (χ2n) is 4.75. The Balaban J connectivity index is 3.52. The molecule has 0 saturated carbocycles. The third-order valence-corrected chi connectivity index (χ3v) is 2.24. The summed E-state index contributed by atoms with van der Waals surface area (Å²) in [7, 11) is 0. The quantitative estimate of drug-likeness (QED) is 0.625. The first-order valence-corrected chi connectivity index (χ1v) is 6.06. The number of rotatable bonds is 8. The van der Waals surface area contributed by atoms with Crippen LogP contribution in [-0.4, -0.2) is 49.8 Å². The van der Waals surface area contributed by atoms with Crippen molar-refractivity contribution in [2.24, 2.45) is 0 Å². The number of hydrogen-bond donors (Lipinski definition) is 1. The van der Waals surface area contributed by atoms with E-state index in [9.17, 15) is 0 Å². The van der Waals surface area contributed by atoms with E-state index in [-0.39, 0.29) is 5.60 Å². The molecule has 3 nitrogen and oxygen atoms in total. The van der Waals surface area contributed by atoms with Gasteiger partial charge >= 0.3 is 0 Å². The lowest BCUT2D eigenvalue weighted by molar-refractivity contribution is -0.0124. The monoisotopic (exact) mass is 216 g/mol. The Morgan fingerprint density at radius 2 is 1.80 bits per heavy atom. The van der Waals surface area contributed by atoms with Gasteiger partial charge in [0, 0.05) is 19.6 Å². The summed E-state index contributed by atoms with van der Waals surface area (Å²) in [5, 5.41) is 3.34. The van der Waals surface area contributed by atoms with Crippen molar-refractivity contribution in [1.82, 2.24) is 10.2 Å². The van der Waals surface area contributed by atoms with E-state index in [4.69, 9.17) is 4.74 Å². The predicted molar refractivity (Wildman–Crippen MR) is 66.4 cm³/mol. The first-order valence-electron chi connectivity index (χ1n) is 6.06. The molecule has 0 fully saturated rings. The van der Waals surface area contributed by atoms with Gasteiger partial charge in [-0.15, -0.1) is 0 Å². The summed E-state index contributed by atoms with van der Waals surface area (Å²) in [5.41, 5.74) is -0.0128. The van der Waals surface area contributed by atoms with Crippen LogP contribution in [0.3, 0.4) is 0 Å². The Labute approximate surface area is 95.2 Å². The standard InChI is InChI=1S/C12H28N2O/c1-6-13-8-9-14(7-2)10-11-15-12(3,4)5/h13H,6-11H2,1-5H3. The number of hydrogen-bond acceptors (Lipinski definition) is 3. The van der Waals surface area contributed by atoms with Crippen LogP contribution in [0.15, 0.2) is 0 Å². The second-order valence-corrected chi connectivity index (χ2v) is 4.75. The maximum absolute atomic E-state index is 5.71. The third-order valence-electron chi connectivity index (χ3n) is 2.24. The van der Waals surface area contributed by atoms with Gasteiger partial charge in [0.25, 0.3) is 0 Å². The molecule has 0 atom stereocenters. The SMILES string of the molecule is CCNCCN(CC)CCOC(C)(C)C. The van der Waals surface area contributed by atoms with Crippen molar-refractivity contribution in [1.29, 1.82) is 0 Å². The highest BCUT2D eigenvalue weighted by molar-refractivity contribution is 4.61. The highest BCUT2D eigenvalue weighted by atomic mass is 16.5. The highest BCUT2D eigenvalue weighted by Crippen LogP contribution is 2.05. The summed E-state index contributed by atoms with van der Waals surface area (Å²) in [6, 6.07) is 0. The summed E-state index contributed by atoms with van der Waals surface area (Å²) in [6.07, 6.45) is 0. The molecule has 0 rings (SSSR count). The first-order chi connectivity index (χ1) is 6.99. The van der Waals surface area contributed by atoms with Gasteiger partial charge in [0.15, 0.2) is 0 Å². The fourth-order valence-corrected chi connectivity index (χ4v) is 1.32. The van der Waals surface area contributed by atoms with Crippen molar-refractivity contribution in [3.05, 3.63) is 0 Å². The molecule has 0 aromatic carbocycles. The van der Waals surface area contributed by atoms with Gasteiger partial charge in [-0.2, -0.15) is 0 Å². The van der Waals surface area contributed by atoms with Crippen LogP contribution in [0.4, 0.5) is 0 Å². The second kappa shape index (κ2) is 8.08. The van der Waals surface area contributed by atoms with E-state index < -0.39 is 0 Å². The minimum Gasteiger partial charge on any atom is -0.375 e. The summed E-state index contributed by atoms with van der Waals surface area (Å²) in [5.74, 6) is 0.